The number of hydrogen-bond donors (Lipinski definition) is 1. The van der Waals surface area contributed by atoms with Gasteiger partial charge in [0, 0.05) is 0 Å². The molecule has 0 spiro atoms. The maximum Gasteiger partial charge on any atom is 0.164 e. The molecule has 1 aromatic carbocycles. The lowest BCUT2D eigenvalue weighted by molar-refractivity contribution is 0.539. The molecular weight excluding hydrogens is 243 g/mol. The van der Waals surface area contributed by atoms with Crippen molar-refractivity contribution in [2.75, 3.05) is 6.54 Å². The van der Waals surface area contributed by atoms with Gasteiger partial charge in [-0.25, -0.2) is 14.1 Å². The average molecular weight is 262 g/mol. The van der Waals surface area contributed by atoms with E-state index in [1.165, 1.54) is 12.1 Å². The summed E-state index contributed by atoms with van der Waals surface area (Å²) >= 11 is 0. The monoisotopic (exact) mass is 262 g/mol. The Morgan fingerprint density at radius 3 is 2.95 bits per heavy atom. The zero-order valence-electron chi connectivity index (χ0n) is 11.3. The summed E-state index contributed by atoms with van der Waals surface area (Å²) in [5, 5.41) is 7.64. The Balaban J connectivity index is 1.90. The summed E-state index contributed by atoms with van der Waals surface area (Å²) in [4.78, 5) is 4.23. The fourth-order valence-electron chi connectivity index (χ4n) is 1.79. The van der Waals surface area contributed by atoms with E-state index in [1.807, 2.05) is 6.07 Å². The van der Waals surface area contributed by atoms with Gasteiger partial charge in [-0.1, -0.05) is 26.0 Å². The fraction of sp³-hybridized carbons (Fsp3) is 0.429. The molecule has 19 heavy (non-hydrogen) atoms. The molecule has 0 radical (unpaired) electrons. The van der Waals surface area contributed by atoms with Gasteiger partial charge in [0.15, 0.2) is 5.82 Å². The molecular formula is C14H19FN4. The molecule has 0 atom stereocenters. The van der Waals surface area contributed by atoms with Crippen molar-refractivity contribution in [1.29, 1.82) is 0 Å². The Kier molecular flexibility index (Phi) is 4.63. The maximum absolute atomic E-state index is 13.1. The summed E-state index contributed by atoms with van der Waals surface area (Å²) in [6.07, 6.45) is 1.68. The summed E-state index contributed by atoms with van der Waals surface area (Å²) in [6.45, 7) is 6.45. The molecule has 5 heteroatoms. The predicted molar refractivity (Wildman–Crippen MR) is 72.1 cm³/mol. The normalized spacial score (nSPS) is 11.2. The second-order valence-corrected chi connectivity index (χ2v) is 5.01. The number of nitrogens with one attached hydrogen (secondary N) is 1. The van der Waals surface area contributed by atoms with E-state index in [0.717, 1.165) is 17.9 Å². The molecule has 0 aliphatic rings. The van der Waals surface area contributed by atoms with Gasteiger partial charge < -0.3 is 5.32 Å². The molecule has 4 nitrogen and oxygen atoms in total. The minimum atomic E-state index is -0.226. The highest BCUT2D eigenvalue weighted by atomic mass is 19.1. The molecule has 2 rings (SSSR count). The van der Waals surface area contributed by atoms with E-state index >= 15 is 0 Å². The minimum absolute atomic E-state index is 0.226. The van der Waals surface area contributed by atoms with E-state index in [0.29, 0.717) is 19.0 Å². The van der Waals surface area contributed by atoms with E-state index < -0.39 is 0 Å². The third-order valence-electron chi connectivity index (χ3n) is 2.65. The van der Waals surface area contributed by atoms with E-state index in [-0.39, 0.29) is 5.82 Å². The molecule has 0 bridgehead atoms. The first kappa shape index (κ1) is 13.7. The first-order valence-corrected chi connectivity index (χ1v) is 6.47. The van der Waals surface area contributed by atoms with Crippen LogP contribution in [0.3, 0.4) is 0 Å². The van der Waals surface area contributed by atoms with Crippen LogP contribution in [0.2, 0.25) is 0 Å². The van der Waals surface area contributed by atoms with Gasteiger partial charge in [-0.05, 0) is 30.2 Å². The van der Waals surface area contributed by atoms with Crippen molar-refractivity contribution in [2.45, 2.75) is 26.9 Å². The number of halogens is 1. The summed E-state index contributed by atoms with van der Waals surface area (Å²) in [6, 6.07) is 6.53. The first-order valence-electron chi connectivity index (χ1n) is 6.47. The number of benzene rings is 1. The Morgan fingerprint density at radius 2 is 2.21 bits per heavy atom. The Morgan fingerprint density at radius 1 is 1.37 bits per heavy atom. The van der Waals surface area contributed by atoms with Gasteiger partial charge in [-0.3, -0.25) is 0 Å². The Hall–Kier alpha value is -1.75. The van der Waals surface area contributed by atoms with E-state index in [2.05, 4.69) is 29.2 Å². The molecule has 1 aromatic heterocycles. The van der Waals surface area contributed by atoms with E-state index in [4.69, 9.17) is 0 Å². The quantitative estimate of drug-likeness (QED) is 0.868. The number of aromatic nitrogens is 3. The van der Waals surface area contributed by atoms with Gasteiger partial charge in [0.25, 0.3) is 0 Å². The molecule has 0 fully saturated rings. The van der Waals surface area contributed by atoms with Crippen LogP contribution in [-0.2, 0) is 13.1 Å². The van der Waals surface area contributed by atoms with Crippen LogP contribution in [0.15, 0.2) is 30.6 Å². The lowest BCUT2D eigenvalue weighted by atomic mass is 10.2. The zero-order chi connectivity index (χ0) is 13.7. The second-order valence-electron chi connectivity index (χ2n) is 5.01. The standard InChI is InChI=1S/C14H19FN4/c1-11(2)7-16-8-14-17-10-19(18-14)9-12-4-3-5-13(15)6-12/h3-6,10-11,16H,7-9H2,1-2H3. The molecule has 0 aliphatic heterocycles. The van der Waals surface area contributed by atoms with Crippen LogP contribution in [0.1, 0.15) is 25.2 Å². The molecule has 1 heterocycles. The van der Waals surface area contributed by atoms with Crippen LogP contribution < -0.4 is 5.32 Å². The maximum atomic E-state index is 13.1. The van der Waals surface area contributed by atoms with Crippen molar-refractivity contribution in [3.63, 3.8) is 0 Å². The third-order valence-corrected chi connectivity index (χ3v) is 2.65. The highest BCUT2D eigenvalue weighted by Crippen LogP contribution is 2.05. The van der Waals surface area contributed by atoms with Crippen molar-refractivity contribution in [2.24, 2.45) is 5.92 Å². The first-order chi connectivity index (χ1) is 9.13. The minimum Gasteiger partial charge on any atom is -0.310 e. The van der Waals surface area contributed by atoms with Gasteiger partial charge in [0.1, 0.15) is 12.1 Å². The average Bonchev–Trinajstić information content (AvgIpc) is 2.76. The second kappa shape index (κ2) is 6.43. The molecule has 0 saturated heterocycles. The number of hydrogen-bond acceptors (Lipinski definition) is 3. The number of nitrogens with zero attached hydrogens (tertiary/aromatic N) is 3. The van der Waals surface area contributed by atoms with Crippen molar-refractivity contribution < 1.29 is 4.39 Å². The third kappa shape index (κ3) is 4.44. The summed E-state index contributed by atoms with van der Waals surface area (Å²) in [5.41, 5.74) is 0.881. The largest absolute Gasteiger partial charge is 0.310 e. The summed E-state index contributed by atoms with van der Waals surface area (Å²) in [5.74, 6) is 1.14. The van der Waals surface area contributed by atoms with Crippen molar-refractivity contribution in [1.82, 2.24) is 20.1 Å². The lowest BCUT2D eigenvalue weighted by Gasteiger charge is -2.04. The lowest BCUT2D eigenvalue weighted by Crippen LogP contribution is -2.19. The fourth-order valence-corrected chi connectivity index (χ4v) is 1.79. The summed E-state index contributed by atoms with van der Waals surface area (Å²) in [7, 11) is 0. The van der Waals surface area contributed by atoms with Crippen LogP contribution in [0.25, 0.3) is 0 Å². The smallest absolute Gasteiger partial charge is 0.164 e. The van der Waals surface area contributed by atoms with Crippen LogP contribution >= 0.6 is 0 Å². The molecule has 0 amide bonds. The van der Waals surface area contributed by atoms with Gasteiger partial charge >= 0.3 is 0 Å². The SMILES string of the molecule is CC(C)CNCc1ncn(Cc2cccc(F)c2)n1. The highest BCUT2D eigenvalue weighted by Gasteiger charge is 2.02. The van der Waals surface area contributed by atoms with E-state index in [9.17, 15) is 4.39 Å². The molecule has 0 aliphatic carbocycles. The van der Waals surface area contributed by atoms with Crippen LogP contribution in [-0.4, -0.2) is 21.3 Å². The molecule has 0 saturated carbocycles. The molecule has 0 unspecified atom stereocenters. The van der Waals surface area contributed by atoms with Crippen LogP contribution in [0.4, 0.5) is 4.39 Å². The molecule has 2 aromatic rings. The zero-order valence-corrected chi connectivity index (χ0v) is 11.3. The molecule has 1 N–H and O–H groups in total. The van der Waals surface area contributed by atoms with Crippen molar-refractivity contribution in [3.8, 4) is 0 Å². The van der Waals surface area contributed by atoms with Gasteiger partial charge in [-0.2, -0.15) is 5.10 Å². The Bertz CT molecular complexity index is 522. The molecule has 102 valence electrons. The van der Waals surface area contributed by atoms with Crippen molar-refractivity contribution in [3.05, 3.63) is 47.8 Å². The predicted octanol–water partition coefficient (Wildman–Crippen LogP) is 2.21. The van der Waals surface area contributed by atoms with Crippen LogP contribution in [0.5, 0.6) is 0 Å². The van der Waals surface area contributed by atoms with Gasteiger partial charge in [0.05, 0.1) is 13.1 Å². The van der Waals surface area contributed by atoms with Gasteiger partial charge in [0.2, 0.25) is 0 Å². The summed E-state index contributed by atoms with van der Waals surface area (Å²) < 4.78 is 14.8. The highest BCUT2D eigenvalue weighted by molar-refractivity contribution is 5.16. The number of rotatable bonds is 6. The van der Waals surface area contributed by atoms with Crippen molar-refractivity contribution >= 4 is 0 Å². The topological polar surface area (TPSA) is 42.7 Å². The van der Waals surface area contributed by atoms with Gasteiger partial charge in [-0.15, -0.1) is 0 Å². The van der Waals surface area contributed by atoms with E-state index in [1.54, 1.807) is 17.1 Å². The Labute approximate surface area is 112 Å². The van der Waals surface area contributed by atoms with Crippen LogP contribution in [0, 0.1) is 11.7 Å².